The second-order valence-electron chi connectivity index (χ2n) is 10.9. The Kier molecular flexibility index (Phi) is 7.77. The van der Waals surface area contributed by atoms with Crippen LogP contribution in [0.2, 0.25) is 30.7 Å². The monoisotopic (exact) mass is 490 g/mol. The molecule has 2 aromatic heterocycles. The number of nitriles is 1. The first-order chi connectivity index (χ1) is 15.4. The average Bonchev–Trinajstić information content (AvgIpc) is 3.04. The van der Waals surface area contributed by atoms with Gasteiger partial charge in [-0.1, -0.05) is 31.2 Å². The molecule has 33 heavy (non-hydrogen) atoms. The number of ether oxygens (including phenoxy) is 2. The highest BCUT2D eigenvalue weighted by Crippen LogP contribution is 2.38. The number of aromatic nitrogens is 2. The highest BCUT2D eigenvalue weighted by atomic mass is 35.5. The molecule has 1 saturated heterocycles. The zero-order chi connectivity index (χ0) is 24.4. The lowest BCUT2D eigenvalue weighted by Gasteiger charge is -2.34. The van der Waals surface area contributed by atoms with Crippen LogP contribution in [0.1, 0.15) is 50.8 Å². The van der Waals surface area contributed by atoms with Crippen LogP contribution in [-0.4, -0.2) is 53.9 Å². The molecule has 9 heteroatoms. The quantitative estimate of drug-likeness (QED) is 0.367. The molecule has 0 atom stereocenters. The van der Waals surface area contributed by atoms with Gasteiger partial charge in [0.1, 0.15) is 24.0 Å². The van der Waals surface area contributed by atoms with Gasteiger partial charge in [0.05, 0.1) is 16.0 Å². The third-order valence-electron chi connectivity index (χ3n) is 5.79. The largest absolute Gasteiger partial charge is 0.444 e. The Labute approximate surface area is 202 Å². The van der Waals surface area contributed by atoms with Crippen LogP contribution in [0, 0.1) is 11.3 Å². The summed E-state index contributed by atoms with van der Waals surface area (Å²) in [7, 11) is -1.21. The van der Waals surface area contributed by atoms with Crippen molar-refractivity contribution in [2.75, 3.05) is 19.7 Å². The van der Waals surface area contributed by atoms with Gasteiger partial charge in [0.15, 0.2) is 0 Å². The number of hydrogen-bond acceptors (Lipinski definition) is 5. The molecule has 0 N–H and O–H groups in total. The maximum absolute atomic E-state index is 12.5. The van der Waals surface area contributed by atoms with E-state index in [0.717, 1.165) is 24.6 Å². The number of rotatable bonds is 6. The average molecular weight is 491 g/mol. The smallest absolute Gasteiger partial charge is 0.410 e. The first-order valence-electron chi connectivity index (χ1n) is 11.5. The van der Waals surface area contributed by atoms with E-state index in [9.17, 15) is 10.1 Å². The summed E-state index contributed by atoms with van der Waals surface area (Å²) in [4.78, 5) is 18.8. The van der Waals surface area contributed by atoms with E-state index in [1.54, 1.807) is 17.2 Å². The molecule has 1 aliphatic heterocycles. The minimum absolute atomic E-state index is 0.101. The molecule has 1 amide bonds. The SMILES string of the molecule is CC(C)(C)OC(=O)N1CCC(c2c(C#N)c3c(Cl)ccnc3n2COCC[Si](C)(C)C)CC1. The molecule has 2 aromatic rings. The molecule has 180 valence electrons. The molecule has 7 nitrogen and oxygen atoms in total. The number of fused-ring (bicyclic) bond motifs is 1. The molecular formula is C24H35ClN4O3Si. The highest BCUT2D eigenvalue weighted by Gasteiger charge is 2.32. The standard InChI is InChI=1S/C24H35ClN4O3Si/c1-24(2,3)32-23(30)28-11-8-17(9-12-28)21-18(15-26)20-19(25)7-10-27-22(20)29(21)16-31-13-14-33(4,5)6/h7,10,17H,8-9,11-14,16H2,1-6H3. The number of pyridine rings is 1. The van der Waals surface area contributed by atoms with E-state index in [1.165, 1.54) is 0 Å². The van der Waals surface area contributed by atoms with Crippen molar-refractivity contribution in [1.29, 1.82) is 5.26 Å². The Bertz CT molecular complexity index is 1040. The van der Waals surface area contributed by atoms with Crippen molar-refractivity contribution in [3.63, 3.8) is 0 Å². The zero-order valence-electron chi connectivity index (χ0n) is 20.6. The predicted octanol–water partition coefficient (Wildman–Crippen LogP) is 5.99. The topological polar surface area (TPSA) is 80.4 Å². The molecule has 0 saturated carbocycles. The first kappa shape index (κ1) is 25.5. The molecule has 3 rings (SSSR count). The number of carbonyl (C=O) groups excluding carboxylic acids is 1. The third kappa shape index (κ3) is 6.28. The van der Waals surface area contributed by atoms with Crippen LogP contribution in [0.4, 0.5) is 4.79 Å². The van der Waals surface area contributed by atoms with Crippen molar-refractivity contribution in [1.82, 2.24) is 14.5 Å². The molecular weight excluding hydrogens is 456 g/mol. The lowest BCUT2D eigenvalue weighted by Crippen LogP contribution is -2.41. The predicted molar refractivity (Wildman–Crippen MR) is 133 cm³/mol. The third-order valence-corrected chi connectivity index (χ3v) is 7.81. The van der Waals surface area contributed by atoms with E-state index in [0.29, 0.717) is 48.0 Å². The van der Waals surface area contributed by atoms with Gasteiger partial charge in [-0.2, -0.15) is 5.26 Å². The summed E-state index contributed by atoms with van der Waals surface area (Å²) < 4.78 is 13.6. The van der Waals surface area contributed by atoms with Crippen LogP contribution >= 0.6 is 11.6 Å². The van der Waals surface area contributed by atoms with Crippen molar-refractivity contribution in [2.45, 2.75) is 77.5 Å². The van der Waals surface area contributed by atoms with Crippen molar-refractivity contribution < 1.29 is 14.3 Å². The van der Waals surface area contributed by atoms with Crippen LogP contribution in [0.25, 0.3) is 11.0 Å². The molecule has 1 aliphatic rings. The van der Waals surface area contributed by atoms with Crippen molar-refractivity contribution >= 4 is 36.8 Å². The van der Waals surface area contributed by atoms with E-state index in [-0.39, 0.29) is 12.0 Å². The Morgan fingerprint density at radius 2 is 1.97 bits per heavy atom. The van der Waals surface area contributed by atoms with Crippen molar-refractivity contribution in [3.05, 3.63) is 28.5 Å². The van der Waals surface area contributed by atoms with Gasteiger partial charge < -0.3 is 18.9 Å². The molecule has 0 aromatic carbocycles. The minimum Gasteiger partial charge on any atom is -0.444 e. The van der Waals surface area contributed by atoms with E-state index in [1.807, 2.05) is 25.3 Å². The maximum Gasteiger partial charge on any atom is 0.410 e. The number of hydrogen-bond donors (Lipinski definition) is 0. The summed E-state index contributed by atoms with van der Waals surface area (Å²) in [5.41, 5.74) is 1.62. The van der Waals surface area contributed by atoms with Gasteiger partial charge in [-0.3, -0.25) is 0 Å². The van der Waals surface area contributed by atoms with Gasteiger partial charge in [0.2, 0.25) is 0 Å². The van der Waals surface area contributed by atoms with Crippen LogP contribution < -0.4 is 0 Å². The molecule has 0 spiro atoms. The van der Waals surface area contributed by atoms with Crippen molar-refractivity contribution in [2.24, 2.45) is 0 Å². The number of carbonyl (C=O) groups is 1. The van der Waals surface area contributed by atoms with E-state index >= 15 is 0 Å². The second-order valence-corrected chi connectivity index (χ2v) is 16.9. The highest BCUT2D eigenvalue weighted by molar-refractivity contribution is 6.76. The van der Waals surface area contributed by atoms with E-state index in [2.05, 4.69) is 30.7 Å². The van der Waals surface area contributed by atoms with Crippen LogP contribution in [0.3, 0.4) is 0 Å². The van der Waals surface area contributed by atoms with E-state index in [4.69, 9.17) is 21.1 Å². The van der Waals surface area contributed by atoms with Gasteiger partial charge in [-0.05, 0) is 45.7 Å². The zero-order valence-corrected chi connectivity index (χ0v) is 22.3. The van der Waals surface area contributed by atoms with Crippen LogP contribution in [0.15, 0.2) is 12.3 Å². The summed E-state index contributed by atoms with van der Waals surface area (Å²) in [6, 6.07) is 5.16. The number of halogens is 1. The molecule has 3 heterocycles. The van der Waals surface area contributed by atoms with E-state index < -0.39 is 13.7 Å². The fourth-order valence-electron chi connectivity index (χ4n) is 4.11. The molecule has 0 radical (unpaired) electrons. The number of amides is 1. The van der Waals surface area contributed by atoms with Gasteiger partial charge >= 0.3 is 6.09 Å². The Morgan fingerprint density at radius 3 is 2.55 bits per heavy atom. The molecule has 0 aliphatic carbocycles. The molecule has 0 bridgehead atoms. The summed E-state index contributed by atoms with van der Waals surface area (Å²) in [6.45, 7) is 14.7. The minimum atomic E-state index is -1.21. The van der Waals surface area contributed by atoms with Gasteiger partial charge in [-0.15, -0.1) is 0 Å². The number of piperidine rings is 1. The van der Waals surface area contributed by atoms with Crippen LogP contribution in [-0.2, 0) is 16.2 Å². The Morgan fingerprint density at radius 1 is 1.30 bits per heavy atom. The number of nitrogens with zero attached hydrogens (tertiary/aromatic N) is 4. The second kappa shape index (κ2) is 10.0. The first-order valence-corrected chi connectivity index (χ1v) is 15.6. The number of likely N-dealkylation sites (tertiary alicyclic amines) is 1. The molecule has 1 fully saturated rings. The summed E-state index contributed by atoms with van der Waals surface area (Å²) in [5.74, 6) is 0.101. The van der Waals surface area contributed by atoms with Gasteiger partial charge in [0.25, 0.3) is 0 Å². The summed E-state index contributed by atoms with van der Waals surface area (Å²) >= 11 is 6.50. The normalized spacial score (nSPS) is 15.6. The lowest BCUT2D eigenvalue weighted by atomic mass is 9.91. The van der Waals surface area contributed by atoms with Gasteiger partial charge in [-0.25, -0.2) is 9.78 Å². The lowest BCUT2D eigenvalue weighted by molar-refractivity contribution is 0.0200. The Balaban J connectivity index is 1.86. The fourth-order valence-corrected chi connectivity index (χ4v) is 5.10. The van der Waals surface area contributed by atoms with Crippen molar-refractivity contribution in [3.8, 4) is 6.07 Å². The summed E-state index contributed by atoms with van der Waals surface area (Å²) in [6.07, 6.45) is 2.84. The van der Waals surface area contributed by atoms with Gasteiger partial charge in [0, 0.05) is 45.6 Å². The maximum atomic E-state index is 12.5. The fraction of sp³-hybridized carbons (Fsp3) is 0.625. The molecule has 0 unspecified atom stereocenters. The summed E-state index contributed by atoms with van der Waals surface area (Å²) in [5, 5.41) is 11.3. The Hall–Kier alpha value is -2.08. The van der Waals surface area contributed by atoms with Crippen LogP contribution in [0.5, 0.6) is 0 Å².